The standard InChI is InChI=1S/C13H19FN2O3/c1-3-18-7-9(2)19-8-13(17)16-12-6-10(14)4-5-11(12)15/h4-6,9H,3,7-8,15H2,1-2H3,(H,16,17). The van der Waals surface area contributed by atoms with Gasteiger partial charge in [-0.05, 0) is 32.0 Å². The van der Waals surface area contributed by atoms with E-state index in [9.17, 15) is 9.18 Å². The molecule has 1 unspecified atom stereocenters. The average molecular weight is 270 g/mol. The number of halogens is 1. The number of ether oxygens (including phenoxy) is 2. The number of benzene rings is 1. The van der Waals surface area contributed by atoms with Crippen LogP contribution < -0.4 is 11.1 Å². The molecule has 1 atom stereocenters. The number of hydrogen-bond acceptors (Lipinski definition) is 4. The average Bonchev–Trinajstić information content (AvgIpc) is 2.38. The second-order valence-electron chi connectivity index (χ2n) is 4.06. The van der Waals surface area contributed by atoms with E-state index in [1.807, 2.05) is 6.92 Å². The lowest BCUT2D eigenvalue weighted by Crippen LogP contribution is -2.24. The zero-order valence-electron chi connectivity index (χ0n) is 11.1. The van der Waals surface area contributed by atoms with Crippen LogP contribution in [0, 0.1) is 5.82 Å². The number of nitrogens with one attached hydrogen (secondary N) is 1. The minimum absolute atomic E-state index is 0.135. The molecule has 0 bridgehead atoms. The van der Waals surface area contributed by atoms with E-state index < -0.39 is 5.82 Å². The predicted octanol–water partition coefficient (Wildman–Crippen LogP) is 1.79. The van der Waals surface area contributed by atoms with Gasteiger partial charge in [0.25, 0.3) is 0 Å². The van der Waals surface area contributed by atoms with Crippen LogP contribution in [0.1, 0.15) is 13.8 Å². The topological polar surface area (TPSA) is 73.6 Å². The first-order valence-corrected chi connectivity index (χ1v) is 6.07. The third kappa shape index (κ3) is 5.67. The highest BCUT2D eigenvalue weighted by molar-refractivity contribution is 5.94. The van der Waals surface area contributed by atoms with Gasteiger partial charge in [0.05, 0.1) is 24.1 Å². The number of carbonyl (C=O) groups excluding carboxylic acids is 1. The maximum atomic E-state index is 13.0. The number of rotatable bonds is 7. The first-order valence-electron chi connectivity index (χ1n) is 6.07. The fourth-order valence-corrected chi connectivity index (χ4v) is 1.37. The van der Waals surface area contributed by atoms with Crippen LogP contribution in [-0.4, -0.2) is 31.8 Å². The Hall–Kier alpha value is -1.66. The molecule has 0 aromatic heterocycles. The zero-order valence-corrected chi connectivity index (χ0v) is 11.1. The largest absolute Gasteiger partial charge is 0.397 e. The Bertz CT molecular complexity index is 426. The highest BCUT2D eigenvalue weighted by Crippen LogP contribution is 2.18. The van der Waals surface area contributed by atoms with Crippen molar-refractivity contribution in [2.75, 3.05) is 30.9 Å². The summed E-state index contributed by atoms with van der Waals surface area (Å²) in [5.74, 6) is -0.851. The van der Waals surface area contributed by atoms with Crippen molar-refractivity contribution >= 4 is 17.3 Å². The molecule has 0 fully saturated rings. The number of anilines is 2. The lowest BCUT2D eigenvalue weighted by atomic mass is 10.2. The molecule has 0 radical (unpaired) electrons. The van der Waals surface area contributed by atoms with Crippen molar-refractivity contribution in [3.8, 4) is 0 Å². The minimum atomic E-state index is -0.463. The molecule has 0 aliphatic heterocycles. The Morgan fingerprint density at radius 2 is 2.26 bits per heavy atom. The molecular formula is C13H19FN2O3. The Balaban J connectivity index is 2.40. The molecule has 3 N–H and O–H groups in total. The Kier molecular flexibility index (Phi) is 6.24. The zero-order chi connectivity index (χ0) is 14.3. The first-order chi connectivity index (χ1) is 9.02. The van der Waals surface area contributed by atoms with E-state index in [0.29, 0.717) is 18.9 Å². The molecule has 0 aliphatic carbocycles. The molecule has 0 saturated heterocycles. The fourth-order valence-electron chi connectivity index (χ4n) is 1.37. The SMILES string of the molecule is CCOCC(C)OCC(=O)Nc1cc(F)ccc1N. The Morgan fingerprint density at radius 3 is 2.95 bits per heavy atom. The van der Waals surface area contributed by atoms with E-state index in [2.05, 4.69) is 5.32 Å². The van der Waals surface area contributed by atoms with Crippen LogP contribution in [0.2, 0.25) is 0 Å². The van der Waals surface area contributed by atoms with Gasteiger partial charge in [-0.25, -0.2) is 4.39 Å². The lowest BCUT2D eigenvalue weighted by molar-refractivity contribution is -0.123. The molecule has 0 heterocycles. The van der Waals surface area contributed by atoms with E-state index in [4.69, 9.17) is 15.2 Å². The first kappa shape index (κ1) is 15.4. The van der Waals surface area contributed by atoms with Gasteiger partial charge in [-0.2, -0.15) is 0 Å². The Labute approximate surface area is 111 Å². The van der Waals surface area contributed by atoms with E-state index >= 15 is 0 Å². The van der Waals surface area contributed by atoms with Gasteiger partial charge in [-0.1, -0.05) is 0 Å². The van der Waals surface area contributed by atoms with Crippen molar-refractivity contribution in [1.29, 1.82) is 0 Å². The molecule has 19 heavy (non-hydrogen) atoms. The van der Waals surface area contributed by atoms with Crippen molar-refractivity contribution in [2.45, 2.75) is 20.0 Å². The third-order valence-electron chi connectivity index (χ3n) is 2.35. The fraction of sp³-hybridized carbons (Fsp3) is 0.462. The van der Waals surface area contributed by atoms with Crippen molar-refractivity contribution in [3.05, 3.63) is 24.0 Å². The number of nitrogens with two attached hydrogens (primary N) is 1. The normalized spacial score (nSPS) is 12.2. The van der Waals surface area contributed by atoms with Gasteiger partial charge in [0.1, 0.15) is 12.4 Å². The molecule has 106 valence electrons. The highest BCUT2D eigenvalue weighted by Gasteiger charge is 2.09. The number of amides is 1. The summed E-state index contributed by atoms with van der Waals surface area (Å²) in [7, 11) is 0. The van der Waals surface area contributed by atoms with Crippen LogP contribution in [0.25, 0.3) is 0 Å². The number of carbonyl (C=O) groups is 1. The molecule has 0 aliphatic rings. The molecule has 6 heteroatoms. The number of nitrogen functional groups attached to an aromatic ring is 1. The molecule has 1 aromatic rings. The van der Waals surface area contributed by atoms with Crippen molar-refractivity contribution in [3.63, 3.8) is 0 Å². The summed E-state index contributed by atoms with van der Waals surface area (Å²) in [4.78, 5) is 11.6. The maximum absolute atomic E-state index is 13.0. The van der Waals surface area contributed by atoms with Crippen LogP contribution >= 0.6 is 0 Å². The van der Waals surface area contributed by atoms with Crippen LogP contribution in [0.5, 0.6) is 0 Å². The molecular weight excluding hydrogens is 251 g/mol. The maximum Gasteiger partial charge on any atom is 0.250 e. The van der Waals surface area contributed by atoms with Crippen molar-refractivity contribution < 1.29 is 18.7 Å². The van der Waals surface area contributed by atoms with Crippen LogP contribution in [0.15, 0.2) is 18.2 Å². The molecule has 5 nitrogen and oxygen atoms in total. The van der Waals surface area contributed by atoms with Gasteiger partial charge < -0.3 is 20.5 Å². The molecule has 1 rings (SSSR count). The van der Waals surface area contributed by atoms with Crippen molar-refractivity contribution in [2.24, 2.45) is 0 Å². The summed E-state index contributed by atoms with van der Waals surface area (Å²) in [5.41, 5.74) is 6.16. The van der Waals surface area contributed by atoms with E-state index in [1.54, 1.807) is 6.92 Å². The third-order valence-corrected chi connectivity index (χ3v) is 2.35. The summed E-state index contributed by atoms with van der Waals surface area (Å²) >= 11 is 0. The molecule has 0 spiro atoms. The summed E-state index contributed by atoms with van der Waals surface area (Å²) in [5, 5.41) is 2.49. The summed E-state index contributed by atoms with van der Waals surface area (Å²) in [6.45, 7) is 4.57. The second kappa shape index (κ2) is 7.70. The molecule has 1 aromatic carbocycles. The van der Waals surface area contributed by atoms with Gasteiger partial charge in [0.15, 0.2) is 0 Å². The summed E-state index contributed by atoms with van der Waals surface area (Å²) in [6, 6.07) is 3.78. The lowest BCUT2D eigenvalue weighted by Gasteiger charge is -2.13. The van der Waals surface area contributed by atoms with Crippen molar-refractivity contribution in [1.82, 2.24) is 0 Å². The van der Waals surface area contributed by atoms with Gasteiger partial charge >= 0.3 is 0 Å². The number of hydrogen-bond donors (Lipinski definition) is 2. The smallest absolute Gasteiger partial charge is 0.250 e. The predicted molar refractivity (Wildman–Crippen MR) is 71.3 cm³/mol. The van der Waals surface area contributed by atoms with Gasteiger partial charge in [0.2, 0.25) is 5.91 Å². The summed E-state index contributed by atoms with van der Waals surface area (Å²) in [6.07, 6.45) is -0.185. The van der Waals surface area contributed by atoms with Gasteiger partial charge in [0, 0.05) is 6.61 Å². The quantitative estimate of drug-likeness (QED) is 0.741. The van der Waals surface area contributed by atoms with Gasteiger partial charge in [-0.3, -0.25) is 4.79 Å². The monoisotopic (exact) mass is 270 g/mol. The molecule has 0 saturated carbocycles. The van der Waals surface area contributed by atoms with E-state index in [0.717, 1.165) is 6.07 Å². The molecule has 1 amide bonds. The van der Waals surface area contributed by atoms with Crippen LogP contribution in [-0.2, 0) is 14.3 Å². The van der Waals surface area contributed by atoms with Gasteiger partial charge in [-0.15, -0.1) is 0 Å². The summed E-state index contributed by atoms with van der Waals surface area (Å²) < 4.78 is 23.4. The van der Waals surface area contributed by atoms with Crippen LogP contribution in [0.4, 0.5) is 15.8 Å². The Morgan fingerprint density at radius 1 is 1.53 bits per heavy atom. The minimum Gasteiger partial charge on any atom is -0.397 e. The van der Waals surface area contributed by atoms with Crippen LogP contribution in [0.3, 0.4) is 0 Å². The van der Waals surface area contributed by atoms with E-state index in [-0.39, 0.29) is 24.3 Å². The highest BCUT2D eigenvalue weighted by atomic mass is 19.1. The van der Waals surface area contributed by atoms with E-state index in [1.165, 1.54) is 12.1 Å². The second-order valence-corrected chi connectivity index (χ2v) is 4.06.